The van der Waals surface area contributed by atoms with Crippen molar-refractivity contribution in [3.05, 3.63) is 12.1 Å². The van der Waals surface area contributed by atoms with Gasteiger partial charge in [0.25, 0.3) is 0 Å². The minimum absolute atomic E-state index is 0.0199. The monoisotopic (exact) mass is 365 g/mol. The van der Waals surface area contributed by atoms with Crippen molar-refractivity contribution in [1.29, 1.82) is 0 Å². The highest BCUT2D eigenvalue weighted by molar-refractivity contribution is 5.93. The van der Waals surface area contributed by atoms with Crippen LogP contribution in [0.1, 0.15) is 12.8 Å². The molecule has 8 heteroatoms. The normalized spacial score (nSPS) is 14.6. The molecule has 1 aromatic carbocycles. The topological polar surface area (TPSA) is 80.3 Å². The highest BCUT2D eigenvalue weighted by atomic mass is 16.5. The number of anilines is 1. The maximum atomic E-state index is 12.6. The maximum Gasteiger partial charge on any atom is 0.319 e. The van der Waals surface area contributed by atoms with Gasteiger partial charge >= 0.3 is 6.03 Å². The van der Waals surface area contributed by atoms with Crippen LogP contribution in [0, 0.1) is 5.92 Å². The van der Waals surface area contributed by atoms with Gasteiger partial charge in [0.2, 0.25) is 11.7 Å². The fraction of sp³-hybridized carbons (Fsp3) is 0.556. The van der Waals surface area contributed by atoms with Crippen molar-refractivity contribution in [3.8, 4) is 17.2 Å². The van der Waals surface area contributed by atoms with Crippen LogP contribution in [0.4, 0.5) is 10.5 Å². The minimum atomic E-state index is -0.139. The molecule has 1 fully saturated rings. The summed E-state index contributed by atoms with van der Waals surface area (Å²) < 4.78 is 15.9. The van der Waals surface area contributed by atoms with Gasteiger partial charge in [-0.2, -0.15) is 0 Å². The zero-order valence-corrected chi connectivity index (χ0v) is 16.0. The molecule has 26 heavy (non-hydrogen) atoms. The Kier molecular flexibility index (Phi) is 6.54. The van der Waals surface area contributed by atoms with Crippen molar-refractivity contribution < 1.29 is 23.8 Å². The van der Waals surface area contributed by atoms with Gasteiger partial charge in [-0.05, 0) is 12.8 Å². The van der Waals surface area contributed by atoms with Gasteiger partial charge in [0, 0.05) is 50.9 Å². The number of likely N-dealkylation sites (tertiary alicyclic amines) is 1. The van der Waals surface area contributed by atoms with Gasteiger partial charge in [0.05, 0.1) is 21.3 Å². The second kappa shape index (κ2) is 8.64. The lowest BCUT2D eigenvalue weighted by molar-refractivity contribution is -0.121. The maximum absolute atomic E-state index is 12.6. The summed E-state index contributed by atoms with van der Waals surface area (Å²) in [5.41, 5.74) is 0.580. The molecule has 0 unspecified atom stereocenters. The number of amides is 3. The molecule has 8 nitrogen and oxygen atoms in total. The first-order valence-corrected chi connectivity index (χ1v) is 8.48. The van der Waals surface area contributed by atoms with Crippen LogP contribution in [0.15, 0.2) is 12.1 Å². The Morgan fingerprint density at radius 2 is 1.58 bits per heavy atom. The minimum Gasteiger partial charge on any atom is -0.493 e. The lowest BCUT2D eigenvalue weighted by atomic mass is 9.96. The highest BCUT2D eigenvalue weighted by Crippen LogP contribution is 2.40. The van der Waals surface area contributed by atoms with E-state index < -0.39 is 0 Å². The first-order chi connectivity index (χ1) is 12.4. The van der Waals surface area contributed by atoms with Gasteiger partial charge in [-0.1, -0.05) is 0 Å². The number of rotatable bonds is 5. The zero-order chi connectivity index (χ0) is 19.3. The second-order valence-electron chi connectivity index (χ2n) is 6.34. The summed E-state index contributed by atoms with van der Waals surface area (Å²) in [7, 11) is 8.04. The second-order valence-corrected chi connectivity index (χ2v) is 6.34. The van der Waals surface area contributed by atoms with E-state index in [4.69, 9.17) is 14.2 Å². The molecule has 1 aromatic rings. The number of carbonyl (C=O) groups excluding carboxylic acids is 2. The summed E-state index contributed by atoms with van der Waals surface area (Å²) in [6.07, 6.45) is 1.27. The number of nitrogens with zero attached hydrogens (tertiary/aromatic N) is 2. The standard InChI is InChI=1S/C18H27N3O5/c1-20(2)18(23)21-8-6-12(7-9-21)17(22)19-13-10-14(24-3)16(26-5)15(11-13)25-4/h10-12H,6-9H2,1-5H3,(H,19,22). The Labute approximate surface area is 154 Å². The third kappa shape index (κ3) is 4.30. The summed E-state index contributed by atoms with van der Waals surface area (Å²) in [4.78, 5) is 27.9. The number of methoxy groups -OCH3 is 3. The smallest absolute Gasteiger partial charge is 0.319 e. The number of carbonyl (C=O) groups is 2. The van der Waals surface area contributed by atoms with Gasteiger partial charge in [-0.3, -0.25) is 4.79 Å². The molecule has 1 heterocycles. The number of nitrogens with one attached hydrogen (secondary N) is 1. The van der Waals surface area contributed by atoms with Gasteiger partial charge in [-0.25, -0.2) is 4.79 Å². The van der Waals surface area contributed by atoms with Crippen LogP contribution in [0.2, 0.25) is 0 Å². The van der Waals surface area contributed by atoms with Crippen molar-refractivity contribution in [1.82, 2.24) is 9.80 Å². The van der Waals surface area contributed by atoms with E-state index >= 15 is 0 Å². The molecule has 0 atom stereocenters. The van der Waals surface area contributed by atoms with Gasteiger partial charge in [0.15, 0.2) is 11.5 Å². The Balaban J connectivity index is 2.03. The first-order valence-electron chi connectivity index (χ1n) is 8.48. The molecule has 2 rings (SSSR count). The summed E-state index contributed by atoms with van der Waals surface area (Å²) >= 11 is 0. The number of benzene rings is 1. The third-order valence-electron chi connectivity index (χ3n) is 4.45. The van der Waals surface area contributed by atoms with Crippen molar-refractivity contribution in [2.24, 2.45) is 5.92 Å². The van der Waals surface area contributed by atoms with Crippen LogP contribution in [0.3, 0.4) is 0 Å². The molecule has 3 amide bonds. The lowest BCUT2D eigenvalue weighted by Gasteiger charge is -2.33. The number of ether oxygens (including phenoxy) is 3. The van der Waals surface area contributed by atoms with Crippen LogP contribution >= 0.6 is 0 Å². The number of hydrogen-bond donors (Lipinski definition) is 1. The molecule has 1 aliphatic rings. The first kappa shape index (κ1) is 19.7. The molecule has 0 radical (unpaired) electrons. The van der Waals surface area contributed by atoms with E-state index in [-0.39, 0.29) is 17.9 Å². The Hall–Kier alpha value is -2.64. The molecule has 1 saturated heterocycles. The molecular weight excluding hydrogens is 338 g/mol. The average Bonchev–Trinajstić information content (AvgIpc) is 2.66. The fourth-order valence-corrected chi connectivity index (χ4v) is 3.01. The van der Waals surface area contributed by atoms with Crippen molar-refractivity contribution in [2.45, 2.75) is 12.8 Å². The molecule has 1 aliphatic heterocycles. The fourth-order valence-electron chi connectivity index (χ4n) is 3.01. The van der Waals surface area contributed by atoms with Gasteiger partial charge in [-0.15, -0.1) is 0 Å². The highest BCUT2D eigenvalue weighted by Gasteiger charge is 2.28. The summed E-state index contributed by atoms with van der Waals surface area (Å²) in [6, 6.07) is 3.38. The lowest BCUT2D eigenvalue weighted by Crippen LogP contribution is -2.45. The van der Waals surface area contributed by atoms with Crippen molar-refractivity contribution >= 4 is 17.6 Å². The van der Waals surface area contributed by atoms with E-state index in [0.29, 0.717) is 48.9 Å². The molecule has 0 saturated carbocycles. The predicted molar refractivity (Wildman–Crippen MR) is 98.1 cm³/mol. The van der Waals surface area contributed by atoms with E-state index in [1.807, 2.05) is 0 Å². The molecule has 0 bridgehead atoms. The van der Waals surface area contributed by atoms with Crippen molar-refractivity contribution in [2.75, 3.05) is 53.8 Å². The van der Waals surface area contributed by atoms with Crippen LogP contribution in [-0.4, -0.2) is 70.3 Å². The third-order valence-corrected chi connectivity index (χ3v) is 4.45. The van der Waals surface area contributed by atoms with Gasteiger partial charge < -0.3 is 29.3 Å². The molecule has 1 N–H and O–H groups in total. The van der Waals surface area contributed by atoms with E-state index in [1.165, 1.54) is 21.3 Å². The predicted octanol–water partition coefficient (Wildman–Crippen LogP) is 2.04. The molecule has 144 valence electrons. The Morgan fingerprint density at radius 1 is 1.04 bits per heavy atom. The molecule has 0 aromatic heterocycles. The zero-order valence-electron chi connectivity index (χ0n) is 16.0. The summed E-state index contributed by atoms with van der Waals surface area (Å²) in [5.74, 6) is 1.22. The van der Waals surface area contributed by atoms with E-state index in [0.717, 1.165) is 0 Å². The van der Waals surface area contributed by atoms with Crippen LogP contribution < -0.4 is 19.5 Å². The largest absolute Gasteiger partial charge is 0.493 e. The SMILES string of the molecule is COc1cc(NC(=O)C2CCN(C(=O)N(C)C)CC2)cc(OC)c1OC. The van der Waals surface area contributed by atoms with E-state index in [9.17, 15) is 9.59 Å². The van der Waals surface area contributed by atoms with Gasteiger partial charge in [0.1, 0.15) is 0 Å². The van der Waals surface area contributed by atoms with Crippen LogP contribution in [0.25, 0.3) is 0 Å². The number of hydrogen-bond acceptors (Lipinski definition) is 5. The van der Waals surface area contributed by atoms with Crippen molar-refractivity contribution in [3.63, 3.8) is 0 Å². The average molecular weight is 365 g/mol. The quantitative estimate of drug-likeness (QED) is 0.864. The molecule has 0 spiro atoms. The number of piperidine rings is 1. The molecule has 0 aliphatic carbocycles. The molecular formula is C18H27N3O5. The Bertz CT molecular complexity index is 629. The Morgan fingerprint density at radius 3 is 2.00 bits per heavy atom. The number of urea groups is 1. The van der Waals surface area contributed by atoms with E-state index in [1.54, 1.807) is 36.0 Å². The summed E-state index contributed by atoms with van der Waals surface area (Å²) in [5, 5.41) is 2.91. The van der Waals surface area contributed by atoms with E-state index in [2.05, 4.69) is 5.32 Å². The summed E-state index contributed by atoms with van der Waals surface area (Å²) in [6.45, 7) is 1.15. The van der Waals surface area contributed by atoms with Crippen LogP contribution in [-0.2, 0) is 4.79 Å². The van der Waals surface area contributed by atoms with Crippen LogP contribution in [0.5, 0.6) is 17.2 Å².